The van der Waals surface area contributed by atoms with E-state index in [1.165, 1.54) is 0 Å². The lowest BCUT2D eigenvalue weighted by atomic mass is 10.1. The van der Waals surface area contributed by atoms with E-state index < -0.39 is 6.04 Å². The third-order valence-electron chi connectivity index (χ3n) is 2.34. The van der Waals surface area contributed by atoms with Gasteiger partial charge in [0.1, 0.15) is 0 Å². The van der Waals surface area contributed by atoms with E-state index in [0.29, 0.717) is 16.5 Å². The number of rotatable bonds is 4. The summed E-state index contributed by atoms with van der Waals surface area (Å²) in [6.07, 6.45) is 0.647. The summed E-state index contributed by atoms with van der Waals surface area (Å²) >= 11 is 11.9. The first kappa shape index (κ1) is 17.5. The highest BCUT2D eigenvalue weighted by Crippen LogP contribution is 2.22. The van der Waals surface area contributed by atoms with Gasteiger partial charge in [0.05, 0.1) is 6.04 Å². The second-order valence-electron chi connectivity index (χ2n) is 4.14. The van der Waals surface area contributed by atoms with E-state index in [4.69, 9.17) is 28.9 Å². The number of hydrogen-bond acceptors (Lipinski definition) is 2. The molecule has 0 aliphatic rings. The molecule has 0 spiro atoms. The van der Waals surface area contributed by atoms with Crippen molar-refractivity contribution >= 4 is 41.5 Å². The van der Waals surface area contributed by atoms with Gasteiger partial charge in [0.2, 0.25) is 5.91 Å². The lowest BCUT2D eigenvalue weighted by Gasteiger charge is -2.16. The molecular formula is C12H17Cl3N2O. The molecule has 1 aromatic carbocycles. The molecule has 0 radical (unpaired) electrons. The molecule has 0 saturated carbocycles. The lowest BCUT2D eigenvalue weighted by molar-refractivity contribution is -0.122. The number of hydrogen-bond donors (Lipinski definition) is 2. The molecule has 18 heavy (non-hydrogen) atoms. The fourth-order valence-electron chi connectivity index (χ4n) is 1.44. The maximum Gasteiger partial charge on any atom is 0.236 e. The van der Waals surface area contributed by atoms with Crippen molar-refractivity contribution in [2.24, 2.45) is 5.73 Å². The number of halogens is 3. The van der Waals surface area contributed by atoms with Gasteiger partial charge in [-0.2, -0.15) is 0 Å². The molecule has 2 atom stereocenters. The van der Waals surface area contributed by atoms with Crippen molar-refractivity contribution in [2.45, 2.75) is 32.4 Å². The van der Waals surface area contributed by atoms with Gasteiger partial charge in [-0.15, -0.1) is 12.4 Å². The van der Waals surface area contributed by atoms with Crippen LogP contribution in [-0.2, 0) is 11.2 Å². The van der Waals surface area contributed by atoms with Gasteiger partial charge in [-0.25, -0.2) is 0 Å². The maximum absolute atomic E-state index is 11.4. The molecule has 1 unspecified atom stereocenters. The Balaban J connectivity index is 0.00000289. The largest absolute Gasteiger partial charge is 0.352 e. The summed E-state index contributed by atoms with van der Waals surface area (Å²) in [6, 6.07) is 4.81. The van der Waals surface area contributed by atoms with Gasteiger partial charge in [-0.3, -0.25) is 4.79 Å². The molecule has 1 amide bonds. The summed E-state index contributed by atoms with van der Waals surface area (Å²) in [4.78, 5) is 11.4. The molecule has 0 saturated heterocycles. The average Bonchev–Trinajstić information content (AvgIpc) is 2.22. The standard InChI is InChI=1S/C12H16Cl2N2O.ClH/c1-7(16-12(17)8(2)15)5-9-3-4-10(13)6-11(9)14;/h3-4,6-8H,5,15H2,1-2H3,(H,16,17);1H/t7?,8-;/m0./s1. The smallest absolute Gasteiger partial charge is 0.236 e. The van der Waals surface area contributed by atoms with Crippen molar-refractivity contribution < 1.29 is 4.79 Å². The van der Waals surface area contributed by atoms with E-state index in [-0.39, 0.29) is 24.4 Å². The number of carbonyl (C=O) groups excluding carboxylic acids is 1. The van der Waals surface area contributed by atoms with Crippen molar-refractivity contribution in [3.63, 3.8) is 0 Å². The molecule has 0 aliphatic heterocycles. The van der Waals surface area contributed by atoms with Crippen LogP contribution in [0.5, 0.6) is 0 Å². The molecule has 0 heterocycles. The number of nitrogens with one attached hydrogen (secondary N) is 1. The minimum Gasteiger partial charge on any atom is -0.352 e. The van der Waals surface area contributed by atoms with E-state index in [1.54, 1.807) is 19.1 Å². The maximum atomic E-state index is 11.4. The van der Waals surface area contributed by atoms with E-state index in [9.17, 15) is 4.79 Å². The predicted octanol–water partition coefficient (Wildman–Crippen LogP) is 2.81. The molecule has 1 aromatic rings. The highest BCUT2D eigenvalue weighted by molar-refractivity contribution is 6.35. The molecule has 3 nitrogen and oxygen atoms in total. The number of carbonyl (C=O) groups is 1. The Bertz CT molecular complexity index is 410. The molecule has 0 aliphatic carbocycles. The van der Waals surface area contributed by atoms with Gasteiger partial charge < -0.3 is 11.1 Å². The first-order valence-electron chi connectivity index (χ1n) is 5.40. The van der Waals surface area contributed by atoms with E-state index >= 15 is 0 Å². The third kappa shape index (κ3) is 5.44. The topological polar surface area (TPSA) is 55.1 Å². The Morgan fingerprint density at radius 3 is 2.50 bits per heavy atom. The Morgan fingerprint density at radius 2 is 2.00 bits per heavy atom. The van der Waals surface area contributed by atoms with Gasteiger partial charge in [0, 0.05) is 16.1 Å². The summed E-state index contributed by atoms with van der Waals surface area (Å²) < 4.78 is 0. The second-order valence-corrected chi connectivity index (χ2v) is 4.98. The Labute approximate surface area is 123 Å². The molecule has 102 valence electrons. The SMILES string of the molecule is CC(Cc1ccc(Cl)cc1Cl)NC(=O)[C@H](C)N.Cl. The fraction of sp³-hybridized carbons (Fsp3) is 0.417. The number of amides is 1. The lowest BCUT2D eigenvalue weighted by Crippen LogP contribution is -2.43. The van der Waals surface area contributed by atoms with Gasteiger partial charge in [-0.1, -0.05) is 29.3 Å². The Hall–Kier alpha value is -0.480. The normalized spacial score (nSPS) is 13.4. The fourth-order valence-corrected chi connectivity index (χ4v) is 1.93. The Kier molecular flexibility index (Phi) is 7.64. The number of nitrogens with two attached hydrogens (primary N) is 1. The van der Waals surface area contributed by atoms with Crippen LogP contribution in [0.4, 0.5) is 0 Å². The van der Waals surface area contributed by atoms with Crippen molar-refractivity contribution in [3.05, 3.63) is 33.8 Å². The van der Waals surface area contributed by atoms with Gasteiger partial charge in [-0.05, 0) is 38.0 Å². The zero-order valence-corrected chi connectivity index (χ0v) is 12.6. The van der Waals surface area contributed by atoms with Crippen LogP contribution < -0.4 is 11.1 Å². The van der Waals surface area contributed by atoms with Gasteiger partial charge in [0.15, 0.2) is 0 Å². The highest BCUT2D eigenvalue weighted by atomic mass is 35.5. The van der Waals surface area contributed by atoms with E-state index in [1.807, 2.05) is 13.0 Å². The molecule has 6 heteroatoms. The van der Waals surface area contributed by atoms with Crippen LogP contribution >= 0.6 is 35.6 Å². The van der Waals surface area contributed by atoms with Crippen LogP contribution in [0.15, 0.2) is 18.2 Å². The van der Waals surface area contributed by atoms with Crippen molar-refractivity contribution in [1.82, 2.24) is 5.32 Å². The summed E-state index contributed by atoms with van der Waals surface area (Å²) in [5.74, 6) is -0.164. The van der Waals surface area contributed by atoms with Crippen molar-refractivity contribution in [2.75, 3.05) is 0 Å². The molecule has 0 bridgehead atoms. The highest BCUT2D eigenvalue weighted by Gasteiger charge is 2.12. The first-order chi connectivity index (χ1) is 7.90. The molecule has 1 rings (SSSR count). The summed E-state index contributed by atoms with van der Waals surface area (Å²) in [5, 5.41) is 4.03. The average molecular weight is 312 g/mol. The Morgan fingerprint density at radius 1 is 1.39 bits per heavy atom. The quantitative estimate of drug-likeness (QED) is 0.898. The van der Waals surface area contributed by atoms with Crippen LogP contribution in [0.2, 0.25) is 10.0 Å². The zero-order chi connectivity index (χ0) is 13.0. The third-order valence-corrected chi connectivity index (χ3v) is 2.93. The van der Waals surface area contributed by atoms with Crippen LogP contribution in [0.25, 0.3) is 0 Å². The molecular weight excluding hydrogens is 295 g/mol. The zero-order valence-electron chi connectivity index (χ0n) is 10.2. The number of benzene rings is 1. The summed E-state index contributed by atoms with van der Waals surface area (Å²) in [7, 11) is 0. The predicted molar refractivity (Wildman–Crippen MR) is 78.7 cm³/mol. The monoisotopic (exact) mass is 310 g/mol. The van der Waals surface area contributed by atoms with E-state index in [0.717, 1.165) is 5.56 Å². The summed E-state index contributed by atoms with van der Waals surface area (Å²) in [6.45, 7) is 3.56. The van der Waals surface area contributed by atoms with Crippen LogP contribution in [0, 0.1) is 0 Å². The molecule has 0 aromatic heterocycles. The van der Waals surface area contributed by atoms with Gasteiger partial charge in [0.25, 0.3) is 0 Å². The van der Waals surface area contributed by atoms with Crippen LogP contribution in [0.3, 0.4) is 0 Å². The first-order valence-corrected chi connectivity index (χ1v) is 6.15. The van der Waals surface area contributed by atoms with E-state index in [2.05, 4.69) is 5.32 Å². The second kappa shape index (κ2) is 7.85. The molecule has 0 fully saturated rings. The van der Waals surface area contributed by atoms with Crippen LogP contribution in [0.1, 0.15) is 19.4 Å². The van der Waals surface area contributed by atoms with Crippen molar-refractivity contribution in [1.29, 1.82) is 0 Å². The molecule has 3 N–H and O–H groups in total. The minimum absolute atomic E-state index is 0. The minimum atomic E-state index is -0.502. The van der Waals surface area contributed by atoms with Crippen molar-refractivity contribution in [3.8, 4) is 0 Å². The van der Waals surface area contributed by atoms with Crippen LogP contribution in [-0.4, -0.2) is 18.0 Å². The summed E-state index contributed by atoms with van der Waals surface area (Å²) in [5.41, 5.74) is 6.42. The van der Waals surface area contributed by atoms with Gasteiger partial charge >= 0.3 is 0 Å².